The summed E-state index contributed by atoms with van der Waals surface area (Å²) in [6.45, 7) is 1.30. The lowest BCUT2D eigenvalue weighted by Gasteiger charge is -2.37. The Hall–Kier alpha value is -6.12. The van der Waals surface area contributed by atoms with Gasteiger partial charge < -0.3 is 8.97 Å². The first-order valence-electron chi connectivity index (χ1n) is 17.9. The van der Waals surface area contributed by atoms with Crippen LogP contribution in [0.5, 0.6) is 0 Å². The monoisotopic (exact) mass is 728 g/mol. The minimum absolute atomic E-state index is 0.0312. The molecule has 4 aromatic rings. The van der Waals surface area contributed by atoms with Gasteiger partial charge in [-0.3, -0.25) is 58.0 Å². The van der Waals surface area contributed by atoms with Crippen LogP contribution in [-0.2, 0) is 0 Å². The second-order valence-electron chi connectivity index (χ2n) is 16.0. The zero-order chi connectivity index (χ0) is 38.2. The normalized spacial score (nSPS) is 20.8. The summed E-state index contributed by atoms with van der Waals surface area (Å²) >= 11 is 0. The maximum absolute atomic E-state index is 13.9. The van der Waals surface area contributed by atoms with Gasteiger partial charge in [0, 0.05) is 66.1 Å². The maximum Gasteiger partial charge on any atom is 0.261 e. The number of carbonyl (C=O) groups excluding carboxylic acids is 8. The average Bonchev–Trinajstić information content (AvgIpc) is 3.13. The van der Waals surface area contributed by atoms with Crippen molar-refractivity contribution in [3.05, 3.63) is 93.0 Å². The number of carbonyl (C=O) groups is 8. The topological polar surface area (TPSA) is 150 Å². The van der Waals surface area contributed by atoms with E-state index in [2.05, 4.69) is 0 Å². The molecule has 0 atom stereocenters. The molecule has 16 bridgehead atoms. The Morgan fingerprint density at radius 2 is 0.463 bits per heavy atom. The van der Waals surface area contributed by atoms with Gasteiger partial charge in [-0.05, 0) is 48.5 Å². The van der Waals surface area contributed by atoms with Crippen LogP contribution in [0.15, 0.2) is 48.5 Å². The van der Waals surface area contributed by atoms with E-state index in [0.29, 0.717) is 26.2 Å². The highest BCUT2D eigenvalue weighted by Crippen LogP contribution is 2.40. The number of benzene rings is 4. The lowest BCUT2D eigenvalue weighted by Crippen LogP contribution is -2.54. The first kappa shape index (κ1) is 33.7. The van der Waals surface area contributed by atoms with Crippen molar-refractivity contribution in [3.8, 4) is 0 Å². The number of rotatable bonds is 0. The lowest BCUT2D eigenvalue weighted by molar-refractivity contribution is -0.888. The van der Waals surface area contributed by atoms with Crippen molar-refractivity contribution < 1.29 is 47.3 Å². The molecule has 272 valence electrons. The summed E-state index contributed by atoms with van der Waals surface area (Å²) < 4.78 is 0.475. The molecule has 0 saturated heterocycles. The van der Waals surface area contributed by atoms with E-state index in [1.54, 1.807) is 0 Å². The van der Waals surface area contributed by atoms with Crippen LogP contribution in [-0.4, -0.2) is 156 Å². The third-order valence-corrected chi connectivity index (χ3v) is 11.8. The van der Waals surface area contributed by atoms with Crippen LogP contribution in [0.4, 0.5) is 0 Å². The van der Waals surface area contributed by atoms with Crippen LogP contribution >= 0.6 is 0 Å². The fourth-order valence-corrected chi connectivity index (χ4v) is 8.47. The molecule has 8 amide bonds. The van der Waals surface area contributed by atoms with E-state index in [4.69, 9.17) is 0 Å². The van der Waals surface area contributed by atoms with Gasteiger partial charge in [0.15, 0.2) is 0 Å². The molecule has 0 aliphatic carbocycles. The van der Waals surface area contributed by atoms with Gasteiger partial charge in [-0.15, -0.1) is 0 Å². The molecule has 15 aliphatic rings. The molecule has 0 saturated carbocycles. The van der Waals surface area contributed by atoms with E-state index in [9.17, 15) is 38.4 Å². The quantitative estimate of drug-likeness (QED) is 0.198. The molecule has 15 heterocycles. The summed E-state index contributed by atoms with van der Waals surface area (Å²) in [6.07, 6.45) is 0. The van der Waals surface area contributed by atoms with Gasteiger partial charge in [-0.2, -0.15) is 0 Å². The van der Waals surface area contributed by atoms with Crippen LogP contribution < -0.4 is 0 Å². The third kappa shape index (κ3) is 4.59. The molecule has 4 aromatic carbocycles. The molecule has 0 N–H and O–H groups in total. The van der Waals surface area contributed by atoms with Gasteiger partial charge in [0.25, 0.3) is 47.3 Å². The Kier molecular flexibility index (Phi) is 6.99. The Bertz CT molecular complexity index is 2070. The molecule has 0 radical (unpaired) electrons. The smallest absolute Gasteiger partial charge is 0.261 e. The molecule has 54 heavy (non-hydrogen) atoms. The fraction of sp³-hybridized carbons (Fsp3) is 0.300. The van der Waals surface area contributed by atoms with E-state index >= 15 is 0 Å². The minimum Gasteiger partial charge on any atom is -0.326 e. The number of hydrogen-bond donors (Lipinski definition) is 0. The number of likely N-dealkylation sites (N-methyl/N-ethyl adjacent to an activating group) is 2. The number of quaternary nitrogens is 2. The summed E-state index contributed by atoms with van der Waals surface area (Å²) in [6, 6.07) is 12.3. The summed E-state index contributed by atoms with van der Waals surface area (Å²) in [4.78, 5) is 116. The van der Waals surface area contributed by atoms with Crippen LogP contribution in [0.2, 0.25) is 0 Å². The van der Waals surface area contributed by atoms with E-state index in [0.717, 1.165) is 0 Å². The molecule has 14 heteroatoms. The molecule has 0 aromatic heterocycles. The number of hydrogen-bond acceptors (Lipinski definition) is 8. The van der Waals surface area contributed by atoms with Crippen molar-refractivity contribution in [2.45, 2.75) is 0 Å². The first-order valence-corrected chi connectivity index (χ1v) is 17.9. The molecule has 14 nitrogen and oxygen atoms in total. The van der Waals surface area contributed by atoms with E-state index in [1.165, 1.54) is 68.1 Å². The van der Waals surface area contributed by atoms with E-state index in [-0.39, 0.29) is 101 Å². The van der Waals surface area contributed by atoms with Crippen LogP contribution in [0.25, 0.3) is 21.5 Å². The van der Waals surface area contributed by atoms with E-state index in [1.807, 2.05) is 28.2 Å². The molecule has 19 rings (SSSR count). The molecule has 15 aliphatic heterocycles. The number of nitrogens with zero attached hydrogens (tertiary/aromatic N) is 6. The van der Waals surface area contributed by atoms with Crippen molar-refractivity contribution in [1.29, 1.82) is 0 Å². The second-order valence-corrected chi connectivity index (χ2v) is 16.0. The van der Waals surface area contributed by atoms with Gasteiger partial charge in [0.2, 0.25) is 0 Å². The Balaban J connectivity index is 1.13. The van der Waals surface area contributed by atoms with Gasteiger partial charge in [0.1, 0.15) is 0 Å². The summed E-state index contributed by atoms with van der Waals surface area (Å²) in [5.41, 5.74) is 1.80. The fourth-order valence-electron chi connectivity index (χ4n) is 8.47. The Labute approximate surface area is 308 Å². The van der Waals surface area contributed by atoms with Gasteiger partial charge in [0.05, 0.1) is 80.5 Å². The van der Waals surface area contributed by atoms with Crippen LogP contribution in [0, 0.1) is 0 Å². The molecular formula is C40H36N6O8+2. The third-order valence-electron chi connectivity index (χ3n) is 11.8. The second kappa shape index (κ2) is 11.2. The van der Waals surface area contributed by atoms with Crippen molar-refractivity contribution in [2.24, 2.45) is 0 Å². The minimum atomic E-state index is -0.531. The first-order chi connectivity index (χ1) is 25.6. The summed E-state index contributed by atoms with van der Waals surface area (Å²) in [5, 5.41) is 1.15. The lowest BCUT2D eigenvalue weighted by atomic mass is 9.86. The predicted octanol–water partition coefficient (Wildman–Crippen LogP) is 2.24. The molecular weight excluding hydrogens is 692 g/mol. The number of imide groups is 4. The average molecular weight is 729 g/mol. The maximum atomic E-state index is 13.9. The SMILES string of the molecule is C[N+]1(C)CCN2C(=O)c3ccc4c5c(ccc(c35)C2=O)C(=O)N(CC[N+](C)(C)CCN2C(=O)c3ccc5c6c(ccc(c36)C2=O)C(=O)N(CC1)C5=O)C4=O. The highest BCUT2D eigenvalue weighted by molar-refractivity contribution is 6.34. The zero-order valence-electron chi connectivity index (χ0n) is 30.2. The van der Waals surface area contributed by atoms with Crippen molar-refractivity contribution in [1.82, 2.24) is 19.6 Å². The highest BCUT2D eigenvalue weighted by atomic mass is 16.2. The Morgan fingerprint density at radius 1 is 0.315 bits per heavy atom. The van der Waals surface area contributed by atoms with Crippen LogP contribution in [0.1, 0.15) is 82.9 Å². The molecule has 0 unspecified atom stereocenters. The van der Waals surface area contributed by atoms with Gasteiger partial charge in [-0.25, -0.2) is 0 Å². The largest absolute Gasteiger partial charge is 0.326 e. The zero-order valence-corrected chi connectivity index (χ0v) is 30.2. The summed E-state index contributed by atoms with van der Waals surface area (Å²) in [7, 11) is 7.49. The Morgan fingerprint density at radius 3 is 0.611 bits per heavy atom. The van der Waals surface area contributed by atoms with Gasteiger partial charge >= 0.3 is 0 Å². The van der Waals surface area contributed by atoms with Crippen LogP contribution in [0.3, 0.4) is 0 Å². The van der Waals surface area contributed by atoms with Crippen molar-refractivity contribution in [2.75, 3.05) is 80.5 Å². The predicted molar refractivity (Wildman–Crippen MR) is 193 cm³/mol. The standard InChI is InChI=1S/C40H36N6O8/c1-45(2)17-13-41-33(47)21-5-9-25-31-26(10-6-22(29(21)31)34(41)48)38(52)43(37(25)51)15-19-46(3,4)20-16-44-39(53)27-11-7-23-30-24(8-12-28(32(27)30)40(44)54)36(50)42(14-18-45)35(23)49/h5-12H,13-20H2,1-4H3/q+2. The van der Waals surface area contributed by atoms with Gasteiger partial charge in [-0.1, -0.05) is 0 Å². The molecule has 0 spiro atoms. The number of amides is 8. The van der Waals surface area contributed by atoms with E-state index < -0.39 is 47.3 Å². The summed E-state index contributed by atoms with van der Waals surface area (Å²) in [5.74, 6) is -4.25. The highest BCUT2D eigenvalue weighted by Gasteiger charge is 2.43. The van der Waals surface area contributed by atoms with Crippen molar-refractivity contribution >= 4 is 68.8 Å². The van der Waals surface area contributed by atoms with Crippen molar-refractivity contribution in [3.63, 3.8) is 0 Å². The molecule has 0 fully saturated rings.